The molecule has 1 N–H and O–H groups in total. The molecule has 0 saturated carbocycles. The van der Waals surface area contributed by atoms with Gasteiger partial charge in [0.05, 0.1) is 19.3 Å². The molecule has 2 fully saturated rings. The smallest absolute Gasteiger partial charge is 0.260 e. The van der Waals surface area contributed by atoms with E-state index in [9.17, 15) is 4.79 Å². The number of ether oxygens (including phenoxy) is 2. The maximum Gasteiger partial charge on any atom is 0.260 e. The minimum Gasteiger partial charge on any atom is -0.483 e. The Kier molecular flexibility index (Phi) is 7.75. The van der Waals surface area contributed by atoms with Crippen molar-refractivity contribution in [3.05, 3.63) is 52.2 Å². The number of carbonyl (C=O) groups excluding carboxylic acids is 1. The van der Waals surface area contributed by atoms with Crippen LogP contribution in [0, 0.1) is 0 Å². The molecule has 1 aromatic heterocycles. The summed E-state index contributed by atoms with van der Waals surface area (Å²) in [6.07, 6.45) is 2.20. The van der Waals surface area contributed by atoms with Gasteiger partial charge in [-0.1, -0.05) is 24.3 Å². The van der Waals surface area contributed by atoms with Crippen LogP contribution in [-0.2, 0) is 16.1 Å². The molecule has 0 radical (unpaired) electrons. The molecule has 2 saturated heterocycles. The van der Waals surface area contributed by atoms with E-state index in [4.69, 9.17) is 9.47 Å². The fraction of sp³-hybridized carbons (Fsp3) is 0.522. The van der Waals surface area contributed by atoms with Crippen LogP contribution in [0.4, 0.5) is 0 Å². The molecule has 1 aromatic carbocycles. The van der Waals surface area contributed by atoms with Gasteiger partial charge in [-0.05, 0) is 30.4 Å². The highest BCUT2D eigenvalue weighted by Crippen LogP contribution is 2.26. The van der Waals surface area contributed by atoms with Crippen molar-refractivity contribution >= 4 is 17.2 Å². The summed E-state index contributed by atoms with van der Waals surface area (Å²) in [7, 11) is 0. The Morgan fingerprint density at radius 3 is 2.67 bits per heavy atom. The highest BCUT2D eigenvalue weighted by atomic mass is 32.1. The summed E-state index contributed by atoms with van der Waals surface area (Å²) in [6.45, 7) is 6.91. The van der Waals surface area contributed by atoms with Crippen LogP contribution in [-0.4, -0.2) is 68.3 Å². The molecule has 6 nitrogen and oxygen atoms in total. The summed E-state index contributed by atoms with van der Waals surface area (Å²) in [5.74, 6) is 0.872. The van der Waals surface area contributed by atoms with Gasteiger partial charge in [-0.2, -0.15) is 0 Å². The number of hydrogen-bond acceptors (Lipinski definition) is 6. The zero-order valence-corrected chi connectivity index (χ0v) is 18.2. The molecule has 4 rings (SSSR count). The molecule has 30 heavy (non-hydrogen) atoms. The Morgan fingerprint density at radius 2 is 1.90 bits per heavy atom. The highest BCUT2D eigenvalue weighted by molar-refractivity contribution is 7.10. The van der Waals surface area contributed by atoms with E-state index in [1.807, 2.05) is 34.4 Å². The third-order valence-corrected chi connectivity index (χ3v) is 6.77. The average Bonchev–Trinajstić information content (AvgIpc) is 3.51. The van der Waals surface area contributed by atoms with Crippen molar-refractivity contribution in [2.24, 2.45) is 0 Å². The Hall–Kier alpha value is -1.93. The summed E-state index contributed by atoms with van der Waals surface area (Å²) in [6, 6.07) is 12.7. The van der Waals surface area contributed by atoms with Gasteiger partial charge in [0.2, 0.25) is 0 Å². The largest absolute Gasteiger partial charge is 0.483 e. The van der Waals surface area contributed by atoms with E-state index in [-0.39, 0.29) is 12.5 Å². The van der Waals surface area contributed by atoms with Crippen LogP contribution >= 0.6 is 11.3 Å². The Labute approximate surface area is 182 Å². The number of nitrogens with zero attached hydrogens (tertiary/aromatic N) is 2. The molecule has 1 amide bonds. The monoisotopic (exact) mass is 429 g/mol. The number of para-hydroxylation sites is 1. The molecule has 2 aliphatic heterocycles. The molecular formula is C23H31N3O3S. The first kappa shape index (κ1) is 21.3. The lowest BCUT2D eigenvalue weighted by Gasteiger charge is -2.34. The van der Waals surface area contributed by atoms with Crippen molar-refractivity contribution in [2.75, 3.05) is 52.5 Å². The van der Waals surface area contributed by atoms with E-state index < -0.39 is 0 Å². The lowest BCUT2D eigenvalue weighted by molar-refractivity contribution is -0.132. The van der Waals surface area contributed by atoms with Crippen LogP contribution in [0.15, 0.2) is 41.8 Å². The zero-order valence-electron chi connectivity index (χ0n) is 17.4. The van der Waals surface area contributed by atoms with Crippen LogP contribution < -0.4 is 10.1 Å². The lowest BCUT2D eigenvalue weighted by atomic mass is 10.1. The SMILES string of the molecule is O=C(COc1ccccc1CNCC(c1cccs1)N1CCOCC1)N1CCCC1. The summed E-state index contributed by atoms with van der Waals surface area (Å²) in [5.41, 5.74) is 1.08. The van der Waals surface area contributed by atoms with Crippen LogP contribution in [0.5, 0.6) is 5.75 Å². The average molecular weight is 430 g/mol. The van der Waals surface area contributed by atoms with Gasteiger partial charge in [0, 0.05) is 49.7 Å². The molecule has 1 unspecified atom stereocenters. The molecule has 0 aliphatic carbocycles. The van der Waals surface area contributed by atoms with Crippen molar-refractivity contribution in [2.45, 2.75) is 25.4 Å². The molecular weight excluding hydrogens is 398 g/mol. The molecule has 0 spiro atoms. The number of morpholine rings is 1. The van der Waals surface area contributed by atoms with Crippen LogP contribution in [0.3, 0.4) is 0 Å². The van der Waals surface area contributed by atoms with Crippen molar-refractivity contribution in [1.82, 2.24) is 15.1 Å². The third kappa shape index (κ3) is 5.60. The number of rotatable bonds is 9. The zero-order chi connectivity index (χ0) is 20.6. The topological polar surface area (TPSA) is 54.0 Å². The normalized spacial score (nSPS) is 18.5. The van der Waals surface area contributed by atoms with E-state index in [0.717, 1.165) is 70.1 Å². The summed E-state index contributed by atoms with van der Waals surface area (Å²) in [5, 5.41) is 5.76. The Morgan fingerprint density at radius 1 is 1.10 bits per heavy atom. The van der Waals surface area contributed by atoms with E-state index in [0.29, 0.717) is 12.6 Å². The second-order valence-electron chi connectivity index (χ2n) is 7.79. The van der Waals surface area contributed by atoms with E-state index in [1.165, 1.54) is 4.88 Å². The summed E-state index contributed by atoms with van der Waals surface area (Å²) < 4.78 is 11.4. The van der Waals surface area contributed by atoms with Crippen molar-refractivity contribution in [3.63, 3.8) is 0 Å². The fourth-order valence-corrected chi connectivity index (χ4v) is 4.97. The summed E-state index contributed by atoms with van der Waals surface area (Å²) >= 11 is 1.81. The number of benzene rings is 1. The predicted octanol–water partition coefficient (Wildman–Crippen LogP) is 2.91. The number of carbonyl (C=O) groups is 1. The fourth-order valence-electron chi connectivity index (χ4n) is 4.11. The Balaban J connectivity index is 1.33. The number of thiophene rings is 1. The number of hydrogen-bond donors (Lipinski definition) is 1. The van der Waals surface area contributed by atoms with Gasteiger partial charge in [0.1, 0.15) is 5.75 Å². The molecule has 1 atom stereocenters. The highest BCUT2D eigenvalue weighted by Gasteiger charge is 2.23. The van der Waals surface area contributed by atoms with E-state index in [2.05, 4.69) is 33.8 Å². The summed E-state index contributed by atoms with van der Waals surface area (Å²) in [4.78, 5) is 18.1. The van der Waals surface area contributed by atoms with E-state index >= 15 is 0 Å². The van der Waals surface area contributed by atoms with Gasteiger partial charge in [0.15, 0.2) is 6.61 Å². The number of amides is 1. The second-order valence-corrected chi connectivity index (χ2v) is 8.77. The third-order valence-electron chi connectivity index (χ3n) is 5.79. The standard InChI is InChI=1S/C23H31N3O3S/c27-23(26-9-3-4-10-26)18-29-21-7-2-1-6-19(21)16-24-17-20(22-8-5-15-30-22)25-11-13-28-14-12-25/h1-2,5-8,15,20,24H,3-4,9-14,16-18H2. The van der Waals surface area contributed by atoms with Gasteiger partial charge in [-0.15, -0.1) is 11.3 Å². The van der Waals surface area contributed by atoms with Gasteiger partial charge in [0.25, 0.3) is 5.91 Å². The lowest BCUT2D eigenvalue weighted by Crippen LogP contribution is -2.42. The first-order valence-corrected chi connectivity index (χ1v) is 11.7. The maximum atomic E-state index is 12.3. The van der Waals surface area contributed by atoms with Crippen molar-refractivity contribution in [3.8, 4) is 5.75 Å². The van der Waals surface area contributed by atoms with Crippen molar-refractivity contribution in [1.29, 1.82) is 0 Å². The first-order valence-electron chi connectivity index (χ1n) is 10.9. The number of nitrogens with one attached hydrogen (secondary N) is 1. The molecule has 0 bridgehead atoms. The van der Waals surface area contributed by atoms with Gasteiger partial charge < -0.3 is 19.7 Å². The maximum absolute atomic E-state index is 12.3. The molecule has 162 valence electrons. The predicted molar refractivity (Wildman–Crippen MR) is 119 cm³/mol. The van der Waals surface area contributed by atoms with Crippen LogP contribution in [0.25, 0.3) is 0 Å². The second kappa shape index (κ2) is 10.9. The minimum absolute atomic E-state index is 0.0836. The van der Waals surface area contributed by atoms with E-state index in [1.54, 1.807) is 0 Å². The molecule has 7 heteroatoms. The Bertz CT molecular complexity index is 787. The van der Waals surface area contributed by atoms with Crippen molar-refractivity contribution < 1.29 is 14.3 Å². The quantitative estimate of drug-likeness (QED) is 0.664. The minimum atomic E-state index is 0.0836. The molecule has 3 heterocycles. The first-order chi connectivity index (χ1) is 14.8. The van der Waals surface area contributed by atoms with Crippen LogP contribution in [0.1, 0.15) is 29.3 Å². The molecule has 2 aromatic rings. The van der Waals surface area contributed by atoms with Gasteiger partial charge in [-0.25, -0.2) is 0 Å². The van der Waals surface area contributed by atoms with Crippen LogP contribution in [0.2, 0.25) is 0 Å². The van der Waals surface area contributed by atoms with Gasteiger partial charge >= 0.3 is 0 Å². The van der Waals surface area contributed by atoms with Gasteiger partial charge in [-0.3, -0.25) is 9.69 Å². The molecule has 2 aliphatic rings. The number of likely N-dealkylation sites (tertiary alicyclic amines) is 1.